The minimum Gasteiger partial charge on any atom is -0.353 e. The largest absolute Gasteiger partial charge is 0.353 e. The maximum atomic E-state index is 4.60. The summed E-state index contributed by atoms with van der Waals surface area (Å²) in [5.74, 6) is 1.05. The molecule has 0 amide bonds. The zero-order chi connectivity index (χ0) is 13.8. The van der Waals surface area contributed by atoms with Crippen LogP contribution in [-0.2, 0) is 0 Å². The topological polar surface area (TPSA) is 45.5 Å². The standard InChI is InChI=1S/C15H23N5/c1-2-10-19(12-13-5-3-4-7-16-13)15-14-6-8-18-20(14)11-9-17-15/h6,8-9,11,13,16H,2-5,7,10,12H2,1H3. The van der Waals surface area contributed by atoms with Crippen LogP contribution in [0.1, 0.15) is 32.6 Å². The number of hydrogen-bond donors (Lipinski definition) is 1. The van der Waals surface area contributed by atoms with Crippen molar-refractivity contribution in [3.8, 4) is 0 Å². The third-order valence-electron chi connectivity index (χ3n) is 3.95. The second kappa shape index (κ2) is 6.22. The molecule has 1 unspecified atom stereocenters. The van der Waals surface area contributed by atoms with Gasteiger partial charge >= 0.3 is 0 Å². The van der Waals surface area contributed by atoms with E-state index in [-0.39, 0.29) is 0 Å². The predicted octanol–water partition coefficient (Wildman–Crippen LogP) is 2.09. The molecule has 2 aromatic rings. The lowest BCUT2D eigenvalue weighted by Crippen LogP contribution is -2.44. The van der Waals surface area contributed by atoms with Crippen LogP contribution in [0.3, 0.4) is 0 Å². The molecule has 0 saturated carbocycles. The summed E-state index contributed by atoms with van der Waals surface area (Å²) in [6.07, 6.45) is 10.6. The molecular formula is C15H23N5. The maximum Gasteiger partial charge on any atom is 0.154 e. The summed E-state index contributed by atoms with van der Waals surface area (Å²) in [6.45, 7) is 5.44. The summed E-state index contributed by atoms with van der Waals surface area (Å²) in [4.78, 5) is 7.00. The Labute approximate surface area is 120 Å². The van der Waals surface area contributed by atoms with Gasteiger partial charge in [-0.1, -0.05) is 13.3 Å². The van der Waals surface area contributed by atoms with E-state index in [0.29, 0.717) is 6.04 Å². The van der Waals surface area contributed by atoms with Crippen LogP contribution in [0.2, 0.25) is 0 Å². The van der Waals surface area contributed by atoms with Crippen LogP contribution in [0, 0.1) is 0 Å². The van der Waals surface area contributed by atoms with Crippen molar-refractivity contribution in [1.29, 1.82) is 0 Å². The van der Waals surface area contributed by atoms with E-state index in [2.05, 4.69) is 27.2 Å². The first-order valence-electron chi connectivity index (χ1n) is 7.65. The SMILES string of the molecule is CCCN(CC1CCCCN1)c1nccn2nccc12. The highest BCUT2D eigenvalue weighted by Crippen LogP contribution is 2.20. The Morgan fingerprint density at radius 2 is 2.35 bits per heavy atom. The summed E-state index contributed by atoms with van der Waals surface area (Å²) < 4.78 is 1.90. The minimum atomic E-state index is 0.584. The lowest BCUT2D eigenvalue weighted by Gasteiger charge is -2.31. The molecule has 1 atom stereocenters. The second-order valence-corrected chi connectivity index (χ2v) is 5.50. The molecule has 1 aliphatic rings. The molecule has 1 N–H and O–H groups in total. The number of piperidine rings is 1. The number of rotatable bonds is 5. The number of nitrogens with one attached hydrogen (secondary N) is 1. The summed E-state index contributed by atoms with van der Waals surface area (Å²) in [6, 6.07) is 2.62. The van der Waals surface area contributed by atoms with Crippen LogP contribution >= 0.6 is 0 Å². The fourth-order valence-corrected chi connectivity index (χ4v) is 2.99. The Bertz CT molecular complexity index is 544. The van der Waals surface area contributed by atoms with E-state index in [1.807, 2.05) is 29.2 Å². The Morgan fingerprint density at radius 1 is 1.40 bits per heavy atom. The van der Waals surface area contributed by atoms with Gasteiger partial charge in [0.15, 0.2) is 5.82 Å². The molecule has 108 valence electrons. The Morgan fingerprint density at radius 3 is 3.15 bits per heavy atom. The fraction of sp³-hybridized carbons (Fsp3) is 0.600. The van der Waals surface area contributed by atoms with Gasteiger partial charge in [-0.05, 0) is 31.9 Å². The number of anilines is 1. The highest BCUT2D eigenvalue weighted by atomic mass is 15.3. The first-order valence-corrected chi connectivity index (χ1v) is 7.65. The normalized spacial score (nSPS) is 19.4. The van der Waals surface area contributed by atoms with Crippen LogP contribution in [0.25, 0.3) is 5.52 Å². The molecule has 5 heteroatoms. The zero-order valence-corrected chi connectivity index (χ0v) is 12.1. The van der Waals surface area contributed by atoms with Crippen LogP contribution in [0.5, 0.6) is 0 Å². The average molecular weight is 273 g/mol. The molecule has 1 saturated heterocycles. The monoisotopic (exact) mass is 273 g/mol. The number of aromatic nitrogens is 3. The van der Waals surface area contributed by atoms with Gasteiger partial charge in [-0.2, -0.15) is 5.10 Å². The van der Waals surface area contributed by atoms with Crippen LogP contribution < -0.4 is 10.2 Å². The minimum absolute atomic E-state index is 0.584. The van der Waals surface area contributed by atoms with E-state index >= 15 is 0 Å². The first-order chi connectivity index (χ1) is 9.88. The number of fused-ring (bicyclic) bond motifs is 1. The molecule has 1 aliphatic heterocycles. The van der Waals surface area contributed by atoms with Crippen molar-refractivity contribution in [1.82, 2.24) is 19.9 Å². The van der Waals surface area contributed by atoms with Gasteiger partial charge in [0.2, 0.25) is 0 Å². The molecule has 0 bridgehead atoms. The van der Waals surface area contributed by atoms with E-state index in [4.69, 9.17) is 0 Å². The zero-order valence-electron chi connectivity index (χ0n) is 12.1. The third kappa shape index (κ3) is 2.77. The Kier molecular flexibility index (Phi) is 4.16. The van der Waals surface area contributed by atoms with Crippen molar-refractivity contribution >= 4 is 11.3 Å². The molecule has 5 nitrogen and oxygen atoms in total. The van der Waals surface area contributed by atoms with Crippen molar-refractivity contribution in [2.24, 2.45) is 0 Å². The highest BCUT2D eigenvalue weighted by Gasteiger charge is 2.19. The summed E-state index contributed by atoms with van der Waals surface area (Å²) in [5.41, 5.74) is 1.09. The van der Waals surface area contributed by atoms with Crippen LogP contribution in [0.15, 0.2) is 24.7 Å². The molecule has 1 fully saturated rings. The third-order valence-corrected chi connectivity index (χ3v) is 3.95. The van der Waals surface area contributed by atoms with E-state index in [1.54, 1.807) is 0 Å². The smallest absolute Gasteiger partial charge is 0.154 e. The number of hydrogen-bond acceptors (Lipinski definition) is 4. The lowest BCUT2D eigenvalue weighted by atomic mass is 10.0. The van der Waals surface area contributed by atoms with E-state index < -0.39 is 0 Å². The van der Waals surface area contributed by atoms with Gasteiger partial charge in [0.05, 0.1) is 6.20 Å². The maximum absolute atomic E-state index is 4.60. The summed E-state index contributed by atoms with van der Waals surface area (Å²) in [7, 11) is 0. The summed E-state index contributed by atoms with van der Waals surface area (Å²) >= 11 is 0. The Balaban J connectivity index is 1.83. The van der Waals surface area contributed by atoms with Gasteiger partial charge < -0.3 is 10.2 Å². The average Bonchev–Trinajstić information content (AvgIpc) is 2.96. The van der Waals surface area contributed by atoms with Gasteiger partial charge in [-0.25, -0.2) is 9.50 Å². The molecule has 20 heavy (non-hydrogen) atoms. The molecule has 0 aliphatic carbocycles. The van der Waals surface area contributed by atoms with Crippen molar-refractivity contribution in [3.63, 3.8) is 0 Å². The Hall–Kier alpha value is -1.62. The van der Waals surface area contributed by atoms with Gasteiger partial charge in [0.25, 0.3) is 0 Å². The van der Waals surface area contributed by atoms with Gasteiger partial charge in [0.1, 0.15) is 5.52 Å². The van der Waals surface area contributed by atoms with Crippen molar-refractivity contribution in [2.75, 3.05) is 24.5 Å². The van der Waals surface area contributed by atoms with E-state index in [1.165, 1.54) is 19.3 Å². The van der Waals surface area contributed by atoms with Crippen molar-refractivity contribution < 1.29 is 0 Å². The first kappa shape index (κ1) is 13.4. The van der Waals surface area contributed by atoms with Crippen LogP contribution in [-0.4, -0.2) is 40.3 Å². The van der Waals surface area contributed by atoms with Gasteiger partial charge in [-0.3, -0.25) is 0 Å². The molecule has 3 rings (SSSR count). The highest BCUT2D eigenvalue weighted by molar-refractivity contribution is 5.68. The molecule has 0 aromatic carbocycles. The molecule has 3 heterocycles. The lowest BCUT2D eigenvalue weighted by molar-refractivity contribution is 0.398. The fourth-order valence-electron chi connectivity index (χ4n) is 2.99. The molecular weight excluding hydrogens is 250 g/mol. The van der Waals surface area contributed by atoms with Gasteiger partial charge in [-0.15, -0.1) is 0 Å². The van der Waals surface area contributed by atoms with Crippen molar-refractivity contribution in [2.45, 2.75) is 38.6 Å². The second-order valence-electron chi connectivity index (χ2n) is 5.50. The van der Waals surface area contributed by atoms with Gasteiger partial charge in [0, 0.05) is 31.5 Å². The molecule has 2 aromatic heterocycles. The van der Waals surface area contributed by atoms with Crippen LogP contribution in [0.4, 0.5) is 5.82 Å². The molecule has 0 radical (unpaired) electrons. The van der Waals surface area contributed by atoms with E-state index in [9.17, 15) is 0 Å². The quantitative estimate of drug-likeness (QED) is 0.906. The van der Waals surface area contributed by atoms with E-state index in [0.717, 1.165) is 37.4 Å². The summed E-state index contributed by atoms with van der Waals surface area (Å²) in [5, 5.41) is 7.93. The number of nitrogens with zero attached hydrogens (tertiary/aromatic N) is 4. The predicted molar refractivity (Wildman–Crippen MR) is 81.1 cm³/mol. The van der Waals surface area contributed by atoms with Crippen molar-refractivity contribution in [3.05, 3.63) is 24.7 Å². The molecule has 0 spiro atoms.